The number of hydrogen-bond donors (Lipinski definition) is 1. The number of nitro groups is 1. The Hall–Kier alpha value is -3.42. The first-order valence-electron chi connectivity index (χ1n) is 7.77. The van der Waals surface area contributed by atoms with Crippen LogP contribution in [0.1, 0.15) is 22.8 Å². The Morgan fingerprint density at radius 2 is 1.81 bits per heavy atom. The molecule has 0 radical (unpaired) electrons. The van der Waals surface area contributed by atoms with Crippen LogP contribution in [0, 0.1) is 10.1 Å². The number of ether oxygens (including phenoxy) is 2. The summed E-state index contributed by atoms with van der Waals surface area (Å²) in [7, 11) is 1.56. The Morgan fingerprint density at radius 1 is 1.15 bits per heavy atom. The van der Waals surface area contributed by atoms with E-state index in [-0.39, 0.29) is 17.8 Å². The lowest BCUT2D eigenvalue weighted by Crippen LogP contribution is -2.35. The zero-order valence-electron chi connectivity index (χ0n) is 14.3. The summed E-state index contributed by atoms with van der Waals surface area (Å²) in [5.74, 6) is -0.732. The van der Waals surface area contributed by atoms with Gasteiger partial charge in [-0.05, 0) is 30.7 Å². The number of rotatable bonds is 7. The summed E-state index contributed by atoms with van der Waals surface area (Å²) in [6, 6.07) is 12.5. The second-order valence-corrected chi connectivity index (χ2v) is 5.39. The van der Waals surface area contributed by atoms with Gasteiger partial charge < -0.3 is 14.8 Å². The van der Waals surface area contributed by atoms with Gasteiger partial charge in [0.15, 0.2) is 6.10 Å². The van der Waals surface area contributed by atoms with Crippen molar-refractivity contribution in [2.45, 2.75) is 19.6 Å². The Labute approximate surface area is 149 Å². The summed E-state index contributed by atoms with van der Waals surface area (Å²) >= 11 is 0. The summed E-state index contributed by atoms with van der Waals surface area (Å²) in [5.41, 5.74) is 0.270. The molecule has 8 heteroatoms. The number of amides is 1. The van der Waals surface area contributed by atoms with Gasteiger partial charge in [-0.25, -0.2) is 4.79 Å². The van der Waals surface area contributed by atoms with E-state index in [1.54, 1.807) is 31.4 Å². The molecule has 2 aromatic rings. The quantitative estimate of drug-likeness (QED) is 0.463. The molecule has 0 aliphatic rings. The van der Waals surface area contributed by atoms with E-state index < -0.39 is 22.9 Å². The van der Waals surface area contributed by atoms with E-state index in [9.17, 15) is 19.7 Å². The first-order valence-corrected chi connectivity index (χ1v) is 7.77. The van der Waals surface area contributed by atoms with Gasteiger partial charge in [0.1, 0.15) is 11.3 Å². The van der Waals surface area contributed by atoms with Crippen LogP contribution >= 0.6 is 0 Å². The van der Waals surface area contributed by atoms with Crippen molar-refractivity contribution in [1.29, 1.82) is 0 Å². The highest BCUT2D eigenvalue weighted by Gasteiger charge is 2.24. The smallest absolute Gasteiger partial charge is 0.345 e. The fourth-order valence-electron chi connectivity index (χ4n) is 2.16. The molecule has 1 atom stereocenters. The van der Waals surface area contributed by atoms with E-state index in [2.05, 4.69) is 5.32 Å². The number of benzene rings is 2. The molecular formula is C18H18N2O6. The van der Waals surface area contributed by atoms with E-state index in [0.717, 1.165) is 5.56 Å². The zero-order chi connectivity index (χ0) is 19.1. The molecule has 0 heterocycles. The van der Waals surface area contributed by atoms with Crippen molar-refractivity contribution in [1.82, 2.24) is 5.32 Å². The highest BCUT2D eigenvalue weighted by molar-refractivity contribution is 5.95. The van der Waals surface area contributed by atoms with Gasteiger partial charge in [-0.1, -0.05) is 24.3 Å². The van der Waals surface area contributed by atoms with Gasteiger partial charge in [-0.2, -0.15) is 0 Å². The molecule has 0 spiro atoms. The lowest BCUT2D eigenvalue weighted by atomic mass is 10.2. The first-order chi connectivity index (χ1) is 12.4. The van der Waals surface area contributed by atoms with Crippen molar-refractivity contribution >= 4 is 17.6 Å². The van der Waals surface area contributed by atoms with Gasteiger partial charge in [0.2, 0.25) is 0 Å². The third kappa shape index (κ3) is 4.79. The third-order valence-electron chi connectivity index (χ3n) is 3.60. The van der Waals surface area contributed by atoms with Gasteiger partial charge in [0, 0.05) is 12.6 Å². The molecule has 0 bridgehead atoms. The number of hydrogen-bond acceptors (Lipinski definition) is 6. The maximum Gasteiger partial charge on any atom is 0.345 e. The van der Waals surface area contributed by atoms with Gasteiger partial charge in [-0.3, -0.25) is 14.9 Å². The number of carbonyl (C=O) groups excluding carboxylic acids is 2. The second-order valence-electron chi connectivity index (χ2n) is 5.39. The summed E-state index contributed by atoms with van der Waals surface area (Å²) in [6.45, 7) is 1.65. The average molecular weight is 358 g/mol. The first kappa shape index (κ1) is 18.9. The molecule has 0 aliphatic heterocycles. The molecule has 0 aliphatic carbocycles. The van der Waals surface area contributed by atoms with Crippen molar-refractivity contribution in [3.63, 3.8) is 0 Å². The second kappa shape index (κ2) is 8.61. The lowest BCUT2D eigenvalue weighted by molar-refractivity contribution is -0.385. The van der Waals surface area contributed by atoms with Crippen LogP contribution in [0.4, 0.5) is 5.69 Å². The molecule has 2 rings (SSSR count). The van der Waals surface area contributed by atoms with E-state index in [4.69, 9.17) is 9.47 Å². The van der Waals surface area contributed by atoms with Crippen molar-refractivity contribution < 1.29 is 24.0 Å². The van der Waals surface area contributed by atoms with Crippen LogP contribution in [-0.2, 0) is 16.1 Å². The number of methoxy groups -OCH3 is 1. The highest BCUT2D eigenvalue weighted by Crippen LogP contribution is 2.19. The number of para-hydroxylation sites is 1. The topological polar surface area (TPSA) is 108 Å². The zero-order valence-corrected chi connectivity index (χ0v) is 14.3. The molecule has 0 saturated heterocycles. The van der Waals surface area contributed by atoms with Crippen LogP contribution in [0.15, 0.2) is 48.5 Å². The number of nitro benzene ring substituents is 1. The molecule has 0 aromatic heterocycles. The minimum absolute atomic E-state index is 0.202. The van der Waals surface area contributed by atoms with Crippen molar-refractivity contribution in [2.24, 2.45) is 0 Å². The standard InChI is InChI=1S/C18H18N2O6/c1-12(17(21)19-11-13-7-9-14(25-2)10-8-13)26-18(22)15-5-3-4-6-16(15)20(23)24/h3-10,12H,11H2,1-2H3,(H,19,21). The van der Waals surface area contributed by atoms with Crippen LogP contribution in [-0.4, -0.2) is 30.0 Å². The van der Waals surface area contributed by atoms with E-state index in [0.29, 0.717) is 5.75 Å². The fraction of sp³-hybridized carbons (Fsp3) is 0.222. The summed E-state index contributed by atoms with van der Waals surface area (Å²) in [5, 5.41) is 13.6. The summed E-state index contributed by atoms with van der Waals surface area (Å²) < 4.78 is 10.1. The number of esters is 1. The van der Waals surface area contributed by atoms with Crippen LogP contribution in [0.5, 0.6) is 5.75 Å². The Bertz CT molecular complexity index is 804. The van der Waals surface area contributed by atoms with Crippen LogP contribution in [0.2, 0.25) is 0 Å². The van der Waals surface area contributed by atoms with E-state index in [1.165, 1.54) is 31.2 Å². The molecule has 26 heavy (non-hydrogen) atoms. The minimum Gasteiger partial charge on any atom is -0.497 e. The number of nitrogens with zero attached hydrogens (tertiary/aromatic N) is 1. The molecule has 0 saturated carbocycles. The van der Waals surface area contributed by atoms with Gasteiger partial charge in [-0.15, -0.1) is 0 Å². The molecule has 2 aromatic carbocycles. The Morgan fingerprint density at radius 3 is 2.42 bits per heavy atom. The SMILES string of the molecule is COc1ccc(CNC(=O)C(C)OC(=O)c2ccccc2[N+](=O)[O-])cc1. The van der Waals surface area contributed by atoms with Crippen LogP contribution < -0.4 is 10.1 Å². The highest BCUT2D eigenvalue weighted by atomic mass is 16.6. The largest absolute Gasteiger partial charge is 0.497 e. The van der Waals surface area contributed by atoms with Crippen LogP contribution in [0.3, 0.4) is 0 Å². The molecule has 136 valence electrons. The van der Waals surface area contributed by atoms with Crippen molar-refractivity contribution in [2.75, 3.05) is 7.11 Å². The van der Waals surface area contributed by atoms with Gasteiger partial charge in [0.25, 0.3) is 11.6 Å². The monoisotopic (exact) mass is 358 g/mol. The van der Waals surface area contributed by atoms with Crippen molar-refractivity contribution in [3.8, 4) is 5.75 Å². The lowest BCUT2D eigenvalue weighted by Gasteiger charge is -2.13. The molecule has 1 N–H and O–H groups in total. The maximum absolute atomic E-state index is 12.1. The molecule has 1 unspecified atom stereocenters. The third-order valence-corrected chi connectivity index (χ3v) is 3.60. The number of nitrogens with one attached hydrogen (secondary N) is 1. The fourth-order valence-corrected chi connectivity index (χ4v) is 2.16. The van der Waals surface area contributed by atoms with E-state index >= 15 is 0 Å². The predicted octanol–water partition coefficient (Wildman–Crippen LogP) is 2.47. The van der Waals surface area contributed by atoms with Crippen LogP contribution in [0.25, 0.3) is 0 Å². The minimum atomic E-state index is -1.10. The molecule has 0 fully saturated rings. The normalized spacial score (nSPS) is 11.3. The van der Waals surface area contributed by atoms with Gasteiger partial charge >= 0.3 is 5.97 Å². The van der Waals surface area contributed by atoms with Crippen molar-refractivity contribution in [3.05, 3.63) is 69.8 Å². The molecule has 8 nitrogen and oxygen atoms in total. The Balaban J connectivity index is 1.94. The summed E-state index contributed by atoms with van der Waals surface area (Å²) in [6.07, 6.45) is -1.10. The Kier molecular flexibility index (Phi) is 6.26. The summed E-state index contributed by atoms with van der Waals surface area (Å²) in [4.78, 5) is 34.5. The average Bonchev–Trinajstić information content (AvgIpc) is 2.66. The van der Waals surface area contributed by atoms with Gasteiger partial charge in [0.05, 0.1) is 12.0 Å². The maximum atomic E-state index is 12.1. The predicted molar refractivity (Wildman–Crippen MR) is 92.8 cm³/mol. The molecule has 1 amide bonds. The molecular weight excluding hydrogens is 340 g/mol. The van der Waals surface area contributed by atoms with E-state index in [1.807, 2.05) is 0 Å². The number of carbonyl (C=O) groups is 2.